The zero-order chi connectivity index (χ0) is 17.9. The summed E-state index contributed by atoms with van der Waals surface area (Å²) in [6.45, 7) is 0. The average Bonchev–Trinajstić information content (AvgIpc) is 2.51. The van der Waals surface area contributed by atoms with Crippen molar-refractivity contribution in [1.82, 2.24) is 9.97 Å². The van der Waals surface area contributed by atoms with Crippen LogP contribution in [0.5, 0.6) is 0 Å². The molecule has 10 heteroatoms. The summed E-state index contributed by atoms with van der Waals surface area (Å²) in [5, 5.41) is 2.41. The van der Waals surface area contributed by atoms with Gasteiger partial charge in [0.25, 0.3) is 0 Å². The van der Waals surface area contributed by atoms with Crippen molar-refractivity contribution in [3.63, 3.8) is 0 Å². The van der Waals surface area contributed by atoms with Gasteiger partial charge < -0.3 is 0 Å². The van der Waals surface area contributed by atoms with Gasteiger partial charge in [-0.3, -0.25) is 0 Å². The van der Waals surface area contributed by atoms with E-state index in [0.29, 0.717) is 16.4 Å². The molecule has 0 saturated heterocycles. The molecule has 2 aromatic heterocycles. The van der Waals surface area contributed by atoms with Gasteiger partial charge in [0.15, 0.2) is 0 Å². The Hall–Kier alpha value is -1.44. The molecule has 126 valence electrons. The van der Waals surface area contributed by atoms with E-state index in [9.17, 15) is 18.0 Å². The summed E-state index contributed by atoms with van der Waals surface area (Å²) in [7, 11) is 1.32. The Bertz CT molecular complexity index is 741. The van der Waals surface area contributed by atoms with E-state index in [4.69, 9.17) is 4.74 Å². The number of ether oxygens (including phenoxy) is 1. The number of nitrogens with zero attached hydrogens (tertiary/aromatic N) is 2. The van der Waals surface area contributed by atoms with Gasteiger partial charge in [-0.05, 0) is 0 Å². The van der Waals surface area contributed by atoms with Crippen LogP contribution in [0.2, 0.25) is 0 Å². The number of aromatic nitrogens is 2. The normalized spacial score (nSPS) is 12.8. The topological polar surface area (TPSA) is 64.1 Å². The molecule has 0 aliphatic heterocycles. The van der Waals surface area contributed by atoms with E-state index in [-0.39, 0.29) is 10.2 Å². The molecular formula is C14H10AsBrF3N3O2. The fourth-order valence-electron chi connectivity index (χ4n) is 1.84. The molecule has 0 saturated carbocycles. The first kappa shape index (κ1) is 18.9. The molecule has 0 spiro atoms. The van der Waals surface area contributed by atoms with Crippen molar-refractivity contribution in [2.45, 2.75) is 12.3 Å². The van der Waals surface area contributed by atoms with Crippen LogP contribution in [-0.2, 0) is 15.7 Å². The minimum absolute atomic E-state index is 0.0538. The summed E-state index contributed by atoms with van der Waals surface area (Å²) in [5.41, 5.74) is -0.543. The number of carbonyl (C=O) groups is 1. The molecule has 2 radical (unpaired) electrons. The van der Waals surface area contributed by atoms with E-state index in [1.54, 1.807) is 12.1 Å². The van der Waals surface area contributed by atoms with Crippen molar-refractivity contribution in [3.05, 3.63) is 46.3 Å². The van der Waals surface area contributed by atoms with E-state index >= 15 is 0 Å². The van der Waals surface area contributed by atoms with Crippen molar-refractivity contribution in [2.75, 3.05) is 12.4 Å². The minimum atomic E-state index is -4.55. The number of rotatable bonds is 4. The Morgan fingerprint density at radius 2 is 2.04 bits per heavy atom. The van der Waals surface area contributed by atoms with E-state index in [1.807, 2.05) is 16.9 Å². The van der Waals surface area contributed by atoms with E-state index < -0.39 is 23.8 Å². The zero-order valence-electron chi connectivity index (χ0n) is 12.1. The molecule has 1 amide bonds. The molecule has 0 fully saturated rings. The molecule has 2 aromatic rings. The van der Waals surface area contributed by atoms with Gasteiger partial charge >= 0.3 is 153 Å². The zero-order valence-corrected chi connectivity index (χ0v) is 15.6. The number of carbonyl (C=O) groups excluding carboxylic acids is 1. The number of hydrogen-bond donors (Lipinski definition) is 1. The van der Waals surface area contributed by atoms with E-state index in [1.165, 1.54) is 13.3 Å². The number of methoxy groups -OCH3 is 1. The van der Waals surface area contributed by atoms with Gasteiger partial charge in [0.1, 0.15) is 0 Å². The van der Waals surface area contributed by atoms with Crippen molar-refractivity contribution >= 4 is 48.9 Å². The third-order valence-corrected chi connectivity index (χ3v) is 4.20. The molecule has 1 unspecified atom stereocenters. The predicted octanol–water partition coefficient (Wildman–Crippen LogP) is 2.38. The molecule has 1 atom stereocenters. The number of hydrogen-bond acceptors (Lipinski definition) is 4. The molecule has 2 heterocycles. The molecule has 1 N–H and O–H groups in total. The Morgan fingerprint density at radius 3 is 2.58 bits per heavy atom. The third-order valence-electron chi connectivity index (χ3n) is 2.98. The quantitative estimate of drug-likeness (QED) is 0.558. The molecular weight excluding hydrogens is 454 g/mol. The van der Waals surface area contributed by atoms with Crippen LogP contribution in [0.3, 0.4) is 0 Å². The second-order valence-electron chi connectivity index (χ2n) is 4.61. The van der Waals surface area contributed by atoms with Gasteiger partial charge in [-0.25, -0.2) is 0 Å². The molecule has 0 aliphatic carbocycles. The number of pyridine rings is 2. The average molecular weight is 464 g/mol. The standard InChI is InChI=1S/C14H10AsBrF3N3O2/c1-24-11(7-2-3-10(16)20-5-7)13(23)22-9-4-8(14(17,18)19)6-21-12(9)15/h2-6,11H,1H3,(H,22,23). The van der Waals surface area contributed by atoms with Gasteiger partial charge in [0.05, 0.1) is 0 Å². The van der Waals surface area contributed by atoms with Crippen LogP contribution >= 0.6 is 15.9 Å². The first-order valence-corrected chi connectivity index (χ1v) is 8.17. The van der Waals surface area contributed by atoms with Crippen molar-refractivity contribution in [1.29, 1.82) is 0 Å². The first-order chi connectivity index (χ1) is 11.2. The molecule has 2 rings (SSSR count). The predicted molar refractivity (Wildman–Crippen MR) is 84.9 cm³/mol. The van der Waals surface area contributed by atoms with E-state index in [0.717, 1.165) is 6.07 Å². The number of amides is 1. The Kier molecular flexibility index (Phi) is 6.01. The molecule has 0 bridgehead atoms. The Labute approximate surface area is 152 Å². The van der Waals surface area contributed by atoms with Crippen molar-refractivity contribution < 1.29 is 22.7 Å². The van der Waals surface area contributed by atoms with Gasteiger partial charge in [-0.2, -0.15) is 0 Å². The SMILES string of the molecule is COC(C(=O)Nc1cc(C(F)(F)F)cnc1[As])c1ccc(Br)nc1. The van der Waals surface area contributed by atoms with Gasteiger partial charge in [-0.15, -0.1) is 0 Å². The van der Waals surface area contributed by atoms with E-state index in [2.05, 4.69) is 31.2 Å². The number of nitrogens with one attached hydrogen (secondary N) is 1. The number of alkyl halides is 3. The summed E-state index contributed by atoms with van der Waals surface area (Å²) < 4.78 is 44.2. The third kappa shape index (κ3) is 4.55. The van der Waals surface area contributed by atoms with Crippen LogP contribution in [0.25, 0.3) is 0 Å². The van der Waals surface area contributed by atoms with Gasteiger partial charge in [0, 0.05) is 0 Å². The second-order valence-corrected chi connectivity index (χ2v) is 6.31. The second kappa shape index (κ2) is 7.63. The summed E-state index contributed by atoms with van der Waals surface area (Å²) in [6, 6.07) is 4.08. The maximum atomic E-state index is 12.8. The molecule has 24 heavy (non-hydrogen) atoms. The summed E-state index contributed by atoms with van der Waals surface area (Å²) in [6.07, 6.45) is -3.43. The fourth-order valence-corrected chi connectivity index (χ4v) is 2.45. The van der Waals surface area contributed by atoms with Crippen LogP contribution < -0.4 is 9.80 Å². The fraction of sp³-hybridized carbons (Fsp3) is 0.214. The summed E-state index contributed by atoms with van der Waals surface area (Å²) in [5.74, 6) is -0.630. The van der Waals surface area contributed by atoms with Crippen molar-refractivity contribution in [3.8, 4) is 0 Å². The molecule has 0 aliphatic rings. The summed E-state index contributed by atoms with van der Waals surface area (Å²) >= 11 is 5.18. The maximum absolute atomic E-state index is 12.8. The van der Waals surface area contributed by atoms with Crippen molar-refractivity contribution in [2.24, 2.45) is 0 Å². The number of anilines is 1. The summed E-state index contributed by atoms with van der Waals surface area (Å²) in [4.78, 5) is 20.0. The van der Waals surface area contributed by atoms with Crippen LogP contribution in [0.4, 0.5) is 18.9 Å². The van der Waals surface area contributed by atoms with Crippen LogP contribution in [-0.4, -0.2) is 39.8 Å². The monoisotopic (exact) mass is 463 g/mol. The van der Waals surface area contributed by atoms with Gasteiger partial charge in [-0.1, -0.05) is 0 Å². The Balaban J connectivity index is 2.26. The molecule has 5 nitrogen and oxygen atoms in total. The molecule has 0 aromatic carbocycles. The van der Waals surface area contributed by atoms with Crippen LogP contribution in [0.1, 0.15) is 17.2 Å². The number of halogens is 4. The van der Waals surface area contributed by atoms with Crippen LogP contribution in [0, 0.1) is 0 Å². The van der Waals surface area contributed by atoms with Gasteiger partial charge in [0.2, 0.25) is 0 Å². The first-order valence-electron chi connectivity index (χ1n) is 6.43. The Morgan fingerprint density at radius 1 is 1.33 bits per heavy atom. The van der Waals surface area contributed by atoms with Crippen LogP contribution in [0.15, 0.2) is 35.2 Å².